The number of carbonyl (C=O) groups excluding carboxylic acids is 1. The molecule has 0 saturated carbocycles. The molecule has 7 nitrogen and oxygen atoms in total. The molecule has 0 radical (unpaired) electrons. The number of benzene rings is 1. The molecule has 1 atom stereocenters. The molecule has 0 spiro atoms. The topological polar surface area (TPSA) is 58.2 Å². The van der Waals surface area contributed by atoms with Crippen LogP contribution in [0.15, 0.2) is 48.8 Å². The van der Waals surface area contributed by atoms with Crippen molar-refractivity contribution >= 4 is 11.9 Å². The highest BCUT2D eigenvalue weighted by molar-refractivity contribution is 5.80. The van der Waals surface area contributed by atoms with Crippen LogP contribution in [0.5, 0.6) is 0 Å². The third-order valence-corrected chi connectivity index (χ3v) is 6.30. The van der Waals surface area contributed by atoms with Crippen molar-refractivity contribution in [1.29, 1.82) is 0 Å². The van der Waals surface area contributed by atoms with Crippen LogP contribution in [0.1, 0.15) is 12.5 Å². The van der Waals surface area contributed by atoms with Gasteiger partial charge in [0.15, 0.2) is 6.04 Å². The summed E-state index contributed by atoms with van der Waals surface area (Å²) >= 11 is 0. The van der Waals surface area contributed by atoms with Gasteiger partial charge in [0.1, 0.15) is 6.54 Å². The highest BCUT2D eigenvalue weighted by atomic mass is 16.2. The predicted octanol–water partition coefficient (Wildman–Crippen LogP) is -1.50. The number of amides is 1. The Morgan fingerprint density at radius 3 is 2.28 bits per heavy atom. The summed E-state index contributed by atoms with van der Waals surface area (Å²) in [6.07, 6.45) is 3.57. The summed E-state index contributed by atoms with van der Waals surface area (Å²) in [5, 5.41) is 0. The summed E-state index contributed by atoms with van der Waals surface area (Å²) in [6.45, 7) is 10.6. The highest BCUT2D eigenvalue weighted by Crippen LogP contribution is 2.05. The Kier molecular flexibility index (Phi) is 6.36. The van der Waals surface area contributed by atoms with Crippen LogP contribution in [0.4, 0.5) is 5.95 Å². The zero-order valence-corrected chi connectivity index (χ0v) is 17.3. The number of carbonyl (C=O) groups is 1. The van der Waals surface area contributed by atoms with E-state index in [1.54, 1.807) is 17.3 Å². The number of nitrogens with zero attached hydrogens (tertiary/aromatic N) is 4. The first-order valence-electron chi connectivity index (χ1n) is 10.7. The van der Waals surface area contributed by atoms with E-state index in [2.05, 4.69) is 57.0 Å². The summed E-state index contributed by atoms with van der Waals surface area (Å²) in [4.78, 5) is 29.0. The van der Waals surface area contributed by atoms with Crippen molar-refractivity contribution in [1.82, 2.24) is 14.9 Å². The van der Waals surface area contributed by atoms with Crippen LogP contribution < -0.4 is 14.7 Å². The van der Waals surface area contributed by atoms with Crippen molar-refractivity contribution in [3.63, 3.8) is 0 Å². The molecule has 2 aliphatic heterocycles. The SMILES string of the molecule is C[C@H](C(=O)N1CC[NH+](Cc2ccccc2)CC1)[NH+]1CCN(c2ncccn2)CC1. The molecule has 2 aromatic rings. The molecule has 0 unspecified atom stereocenters. The molecule has 0 aliphatic carbocycles. The molecule has 2 fully saturated rings. The lowest BCUT2D eigenvalue weighted by Gasteiger charge is -2.38. The summed E-state index contributed by atoms with van der Waals surface area (Å²) < 4.78 is 0. The second-order valence-corrected chi connectivity index (χ2v) is 8.15. The van der Waals surface area contributed by atoms with Crippen LogP contribution in [-0.4, -0.2) is 79.2 Å². The first-order chi connectivity index (χ1) is 14.2. The van der Waals surface area contributed by atoms with E-state index >= 15 is 0 Å². The number of nitrogens with one attached hydrogen (secondary N) is 2. The van der Waals surface area contributed by atoms with Crippen molar-refractivity contribution < 1.29 is 14.6 Å². The Hall–Kier alpha value is -2.51. The van der Waals surface area contributed by atoms with Crippen molar-refractivity contribution in [2.45, 2.75) is 19.5 Å². The van der Waals surface area contributed by atoms with E-state index in [4.69, 9.17) is 0 Å². The van der Waals surface area contributed by atoms with E-state index in [-0.39, 0.29) is 6.04 Å². The van der Waals surface area contributed by atoms with Gasteiger partial charge in [-0.3, -0.25) is 4.79 Å². The quantitative estimate of drug-likeness (QED) is 0.646. The smallest absolute Gasteiger partial charge is 0.280 e. The Morgan fingerprint density at radius 1 is 0.966 bits per heavy atom. The zero-order valence-electron chi connectivity index (χ0n) is 17.3. The number of quaternary nitrogens is 2. The first kappa shape index (κ1) is 19.8. The summed E-state index contributed by atoms with van der Waals surface area (Å²) in [7, 11) is 0. The van der Waals surface area contributed by atoms with Crippen LogP contribution in [0.2, 0.25) is 0 Å². The zero-order chi connectivity index (χ0) is 20.1. The fraction of sp³-hybridized carbons (Fsp3) is 0.500. The van der Waals surface area contributed by atoms with Crippen molar-refractivity contribution in [3.05, 3.63) is 54.4 Å². The van der Waals surface area contributed by atoms with E-state index < -0.39 is 0 Å². The van der Waals surface area contributed by atoms with Gasteiger partial charge in [0.05, 0.1) is 52.4 Å². The predicted molar refractivity (Wildman–Crippen MR) is 112 cm³/mol. The molecule has 1 aromatic heterocycles. The maximum atomic E-state index is 13.1. The van der Waals surface area contributed by atoms with Crippen LogP contribution in [0, 0.1) is 0 Å². The summed E-state index contributed by atoms with van der Waals surface area (Å²) in [5.74, 6) is 1.10. The molecule has 4 rings (SSSR count). The van der Waals surface area contributed by atoms with E-state index in [9.17, 15) is 4.79 Å². The molecule has 1 aromatic carbocycles. The summed E-state index contributed by atoms with van der Waals surface area (Å²) in [6, 6.07) is 12.5. The molecule has 29 heavy (non-hydrogen) atoms. The Labute approximate surface area is 172 Å². The van der Waals surface area contributed by atoms with Crippen molar-refractivity contribution in [2.24, 2.45) is 0 Å². The van der Waals surface area contributed by atoms with Gasteiger partial charge >= 0.3 is 0 Å². The van der Waals surface area contributed by atoms with E-state index in [1.807, 2.05) is 6.07 Å². The normalized spacial score (nSPS) is 19.9. The lowest BCUT2D eigenvalue weighted by atomic mass is 10.1. The standard InChI is InChI=1S/C22H30N6O/c1-19(26-14-16-28(17-15-26)22-23-8-5-9-24-22)21(29)27-12-10-25(11-13-27)18-20-6-3-2-4-7-20/h2-9,19H,10-18H2,1H3/p+2/t19-/m1/s1. The van der Waals surface area contributed by atoms with Gasteiger partial charge in [0.25, 0.3) is 5.91 Å². The van der Waals surface area contributed by atoms with Gasteiger partial charge in [0.2, 0.25) is 5.95 Å². The average molecular weight is 397 g/mol. The number of rotatable bonds is 5. The monoisotopic (exact) mass is 396 g/mol. The van der Waals surface area contributed by atoms with Gasteiger partial charge in [-0.2, -0.15) is 0 Å². The summed E-state index contributed by atoms with van der Waals surface area (Å²) in [5.41, 5.74) is 1.38. The van der Waals surface area contributed by atoms with Gasteiger partial charge in [-0.05, 0) is 13.0 Å². The maximum Gasteiger partial charge on any atom is 0.280 e. The van der Waals surface area contributed by atoms with Gasteiger partial charge in [-0.25, -0.2) is 9.97 Å². The van der Waals surface area contributed by atoms with Gasteiger partial charge < -0.3 is 19.6 Å². The van der Waals surface area contributed by atoms with E-state index in [0.29, 0.717) is 5.91 Å². The molecular weight excluding hydrogens is 364 g/mol. The number of piperazine rings is 2. The molecule has 0 bridgehead atoms. The molecule has 154 valence electrons. The van der Waals surface area contributed by atoms with Gasteiger partial charge in [-0.1, -0.05) is 30.3 Å². The average Bonchev–Trinajstić information content (AvgIpc) is 2.80. The maximum absolute atomic E-state index is 13.1. The Morgan fingerprint density at radius 2 is 1.62 bits per heavy atom. The third-order valence-electron chi connectivity index (χ3n) is 6.30. The molecule has 7 heteroatoms. The van der Waals surface area contributed by atoms with Crippen LogP contribution in [0.3, 0.4) is 0 Å². The van der Waals surface area contributed by atoms with Crippen LogP contribution in [-0.2, 0) is 11.3 Å². The van der Waals surface area contributed by atoms with Crippen molar-refractivity contribution in [2.75, 3.05) is 57.3 Å². The van der Waals surface area contributed by atoms with Crippen LogP contribution in [0.25, 0.3) is 0 Å². The second kappa shape index (κ2) is 9.33. The molecule has 3 heterocycles. The third kappa shape index (κ3) is 4.92. The molecule has 2 saturated heterocycles. The Balaban J connectivity index is 1.24. The number of aromatic nitrogens is 2. The van der Waals surface area contributed by atoms with Gasteiger partial charge in [-0.15, -0.1) is 0 Å². The van der Waals surface area contributed by atoms with E-state index in [1.165, 1.54) is 10.5 Å². The largest absolute Gasteiger partial charge is 0.330 e. The molecule has 2 aliphatic rings. The first-order valence-corrected chi connectivity index (χ1v) is 10.7. The fourth-order valence-electron chi connectivity index (χ4n) is 4.43. The number of hydrogen-bond acceptors (Lipinski definition) is 4. The van der Waals surface area contributed by atoms with Crippen molar-refractivity contribution in [3.8, 4) is 0 Å². The Bertz CT molecular complexity index is 770. The number of hydrogen-bond donors (Lipinski definition) is 2. The molecule has 1 amide bonds. The molecular formula is C22H32N6O+2. The minimum atomic E-state index is 0.0181. The molecule has 2 N–H and O–H groups in total. The minimum Gasteiger partial charge on any atom is -0.330 e. The lowest BCUT2D eigenvalue weighted by Crippen LogP contribution is -3.19. The van der Waals surface area contributed by atoms with Crippen LogP contribution >= 0.6 is 0 Å². The van der Waals surface area contributed by atoms with E-state index in [0.717, 1.165) is 64.9 Å². The fourth-order valence-corrected chi connectivity index (χ4v) is 4.43. The number of anilines is 1. The lowest BCUT2D eigenvalue weighted by molar-refractivity contribution is -0.920. The second-order valence-electron chi connectivity index (χ2n) is 8.15. The highest BCUT2D eigenvalue weighted by Gasteiger charge is 2.34. The van der Waals surface area contributed by atoms with Gasteiger partial charge in [0, 0.05) is 18.0 Å². The minimum absolute atomic E-state index is 0.0181.